The van der Waals surface area contributed by atoms with Gasteiger partial charge in [0, 0.05) is 86.0 Å². The van der Waals surface area contributed by atoms with E-state index in [0.29, 0.717) is 0 Å². The van der Waals surface area contributed by atoms with Gasteiger partial charge in [0.15, 0.2) is 0 Å². The molecule has 5 heterocycles. The average Bonchev–Trinajstić information content (AvgIpc) is 1.69. The number of thiophene rings is 1. The van der Waals surface area contributed by atoms with Gasteiger partial charge in [0.2, 0.25) is 0 Å². The Kier molecular flexibility index (Phi) is 12.9. The van der Waals surface area contributed by atoms with Gasteiger partial charge in [-0.2, -0.15) is 0 Å². The van der Waals surface area contributed by atoms with Crippen LogP contribution in [0.15, 0.2) is 364 Å². The second-order valence-corrected chi connectivity index (χ2v) is 27.7. The first-order chi connectivity index (χ1) is 50.1. The van der Waals surface area contributed by atoms with Gasteiger partial charge in [-0.3, -0.25) is 0 Å². The largest absolute Gasteiger partial charge is 0.309 e. The maximum absolute atomic E-state index is 2.44. The lowest BCUT2D eigenvalue weighted by Crippen LogP contribution is -1.97. The molecule has 0 unspecified atom stereocenters. The van der Waals surface area contributed by atoms with Crippen LogP contribution < -0.4 is 0 Å². The zero-order chi connectivity index (χ0) is 66.2. The van der Waals surface area contributed by atoms with Gasteiger partial charge >= 0.3 is 0 Å². The van der Waals surface area contributed by atoms with Crippen LogP contribution in [0.3, 0.4) is 0 Å². The van der Waals surface area contributed by atoms with Crippen LogP contribution in [0, 0.1) is 0 Å². The molecule has 5 aromatic heterocycles. The minimum absolute atomic E-state index is 1.15. The molecule has 101 heavy (non-hydrogen) atoms. The van der Waals surface area contributed by atoms with Gasteiger partial charge in [-0.25, -0.2) is 0 Å². The predicted octanol–water partition coefficient (Wildman–Crippen LogP) is 26.6. The Labute approximate surface area is 585 Å². The first kappa shape index (κ1) is 57.1. The lowest BCUT2D eigenvalue weighted by atomic mass is 9.92. The third-order valence-electron chi connectivity index (χ3n) is 21.2. The molecule has 0 bridgehead atoms. The van der Waals surface area contributed by atoms with E-state index in [-0.39, 0.29) is 0 Å². The molecular weight excluding hydrogens is 1240 g/mol. The molecule has 0 amide bonds. The van der Waals surface area contributed by atoms with E-state index in [4.69, 9.17) is 0 Å². The van der Waals surface area contributed by atoms with Crippen LogP contribution in [0.1, 0.15) is 0 Å². The monoisotopic (exact) mass is 1300 g/mol. The van der Waals surface area contributed by atoms with Crippen molar-refractivity contribution in [1.29, 1.82) is 0 Å². The fourth-order valence-corrected chi connectivity index (χ4v) is 18.0. The van der Waals surface area contributed by atoms with Crippen LogP contribution in [0.5, 0.6) is 0 Å². The number of aromatic nitrogens is 4. The smallest absolute Gasteiger partial charge is 0.0561 e. The molecule has 0 N–H and O–H groups in total. The van der Waals surface area contributed by atoms with Crippen molar-refractivity contribution in [3.63, 3.8) is 0 Å². The fourth-order valence-electron chi connectivity index (χ4n) is 16.7. The van der Waals surface area contributed by atoms with E-state index in [0.717, 1.165) is 22.7 Å². The number of rotatable bonds is 7. The van der Waals surface area contributed by atoms with Crippen LogP contribution in [-0.4, -0.2) is 18.3 Å². The number of hydrogen-bond donors (Lipinski definition) is 0. The summed E-state index contributed by atoms with van der Waals surface area (Å²) in [5, 5.41) is 20.5. The molecule has 0 spiro atoms. The topological polar surface area (TPSA) is 19.7 Å². The summed E-state index contributed by atoms with van der Waals surface area (Å²) in [6, 6.07) is 133. The van der Waals surface area contributed by atoms with Gasteiger partial charge in [-0.1, -0.05) is 261 Å². The second-order valence-electron chi connectivity index (χ2n) is 26.7. The molecule has 5 heteroatoms. The van der Waals surface area contributed by atoms with Gasteiger partial charge in [0.1, 0.15) is 0 Å². The zero-order valence-electron chi connectivity index (χ0n) is 54.8. The quantitative estimate of drug-likeness (QED) is 0.142. The van der Waals surface area contributed by atoms with Crippen molar-refractivity contribution in [2.24, 2.45) is 0 Å². The molecular formula is C96H60N4S. The van der Waals surface area contributed by atoms with Crippen LogP contribution in [0.2, 0.25) is 0 Å². The zero-order valence-corrected chi connectivity index (χ0v) is 55.7. The number of nitrogens with zero attached hydrogens (tertiary/aromatic N) is 4. The van der Waals surface area contributed by atoms with Gasteiger partial charge < -0.3 is 18.3 Å². The third kappa shape index (κ3) is 8.94. The van der Waals surface area contributed by atoms with Crippen LogP contribution in [0.25, 0.3) is 196 Å². The van der Waals surface area contributed by atoms with Crippen molar-refractivity contribution < 1.29 is 0 Å². The molecule has 22 rings (SSSR count). The molecule has 0 atom stereocenters. The molecule has 17 aromatic carbocycles. The Morgan fingerprint density at radius 1 is 0.158 bits per heavy atom. The molecule has 0 aliphatic heterocycles. The van der Waals surface area contributed by atoms with Crippen LogP contribution >= 0.6 is 11.3 Å². The van der Waals surface area contributed by atoms with Gasteiger partial charge in [0.05, 0.1) is 44.1 Å². The van der Waals surface area contributed by atoms with Crippen molar-refractivity contribution in [2.45, 2.75) is 0 Å². The second kappa shape index (κ2) is 22.8. The van der Waals surface area contributed by atoms with E-state index in [1.165, 1.54) is 173 Å². The first-order valence-corrected chi connectivity index (χ1v) is 35.5. The van der Waals surface area contributed by atoms with E-state index in [1.807, 2.05) is 11.3 Å². The summed E-state index contributed by atoms with van der Waals surface area (Å²) >= 11 is 1.88. The lowest BCUT2D eigenvalue weighted by molar-refractivity contribution is 1.15. The van der Waals surface area contributed by atoms with Gasteiger partial charge in [-0.05, 0) is 169 Å². The molecule has 470 valence electrons. The molecule has 0 radical (unpaired) electrons. The summed E-state index contributed by atoms with van der Waals surface area (Å²) in [7, 11) is 0. The maximum atomic E-state index is 2.44. The van der Waals surface area contributed by atoms with Crippen molar-refractivity contribution in [1.82, 2.24) is 18.3 Å². The van der Waals surface area contributed by atoms with Gasteiger partial charge in [-0.15, -0.1) is 11.3 Å². The van der Waals surface area contributed by atoms with E-state index in [9.17, 15) is 0 Å². The normalized spacial score (nSPS) is 12.0. The SMILES string of the molecule is c1cc(-c2ccc3c4ccccc4c4ccccc4c3c2)cc(-n2c3ccccc3c3ccc(-n4c5ccccc5c5ccccc54)cc32)c1.c1cc(-c2cccc(-n3c4ccccc4c4ccc(-n5c6ccccc6c6ccccc65)cc43)c2)cc(-c2cccc3c2sc2ccccc23)c1. The Balaban J connectivity index is 0.000000132. The number of benzene rings is 17. The third-order valence-corrected chi connectivity index (χ3v) is 22.4. The molecule has 0 fully saturated rings. The lowest BCUT2D eigenvalue weighted by Gasteiger charge is -2.14. The summed E-state index contributed by atoms with van der Waals surface area (Å²) in [6.45, 7) is 0. The summed E-state index contributed by atoms with van der Waals surface area (Å²) in [5.41, 5.74) is 21.6. The maximum Gasteiger partial charge on any atom is 0.0561 e. The molecule has 0 saturated carbocycles. The predicted molar refractivity (Wildman–Crippen MR) is 432 cm³/mol. The number of fused-ring (bicyclic) bond motifs is 21. The number of para-hydroxylation sites is 6. The Morgan fingerprint density at radius 2 is 0.455 bits per heavy atom. The highest BCUT2D eigenvalue weighted by Crippen LogP contribution is 2.45. The average molecular weight is 1300 g/mol. The number of hydrogen-bond acceptors (Lipinski definition) is 1. The Morgan fingerprint density at radius 3 is 0.911 bits per heavy atom. The highest BCUT2D eigenvalue weighted by Gasteiger charge is 2.21. The molecule has 0 saturated heterocycles. The Bertz CT molecular complexity index is 7030. The molecule has 22 aromatic rings. The summed E-state index contributed by atoms with van der Waals surface area (Å²) < 4.78 is 12.4. The van der Waals surface area contributed by atoms with Crippen molar-refractivity contribution in [3.8, 4) is 56.1 Å². The standard InChI is InChI=1S/C48H30N2S.C48H30N2/c1-5-22-43-37(16-1)38-17-2-6-23-44(38)49(43)35-26-27-40-39-18-3-7-24-45(39)50(46(40)30-35)34-15-10-13-32(29-34)31-12-9-14-33(28-31)36-20-11-21-42-41-19-4-8-25-47(41)51-48(36)42;1-2-16-37-35(14-1)36-15-3-4-17-38(36)44-29-32(24-26-39(37)44)31-12-11-13-33(28-31)50-47-23-10-7-20-42(47)43-27-25-34(30-48(43)50)49-45-21-8-5-18-40(45)41-19-6-9-22-46(41)49/h1-30H;1-30H. The summed E-state index contributed by atoms with van der Waals surface area (Å²) in [4.78, 5) is 0. The summed E-state index contributed by atoms with van der Waals surface area (Å²) in [5.74, 6) is 0. The van der Waals surface area contributed by atoms with Gasteiger partial charge in [0.25, 0.3) is 0 Å². The van der Waals surface area contributed by atoms with E-state index in [2.05, 4.69) is 382 Å². The molecule has 0 aliphatic carbocycles. The van der Waals surface area contributed by atoms with Crippen molar-refractivity contribution in [2.75, 3.05) is 0 Å². The fraction of sp³-hybridized carbons (Fsp3) is 0. The minimum Gasteiger partial charge on any atom is -0.309 e. The van der Waals surface area contributed by atoms with Crippen LogP contribution in [-0.2, 0) is 0 Å². The summed E-state index contributed by atoms with van der Waals surface area (Å²) in [6.07, 6.45) is 0. The molecule has 0 aliphatic rings. The minimum atomic E-state index is 1.15. The highest BCUT2D eigenvalue weighted by molar-refractivity contribution is 7.26. The van der Waals surface area contributed by atoms with Crippen molar-refractivity contribution >= 4 is 151 Å². The van der Waals surface area contributed by atoms with E-state index < -0.39 is 0 Å². The Hall–Kier alpha value is -13.1. The van der Waals surface area contributed by atoms with E-state index in [1.54, 1.807) is 0 Å². The van der Waals surface area contributed by atoms with E-state index >= 15 is 0 Å². The van der Waals surface area contributed by atoms with Crippen LogP contribution in [0.4, 0.5) is 0 Å². The molecule has 4 nitrogen and oxygen atoms in total. The highest BCUT2D eigenvalue weighted by atomic mass is 32.1. The van der Waals surface area contributed by atoms with Crippen molar-refractivity contribution in [3.05, 3.63) is 364 Å². The first-order valence-electron chi connectivity index (χ1n) is 34.7.